The van der Waals surface area contributed by atoms with Crippen molar-refractivity contribution in [2.75, 3.05) is 19.7 Å². The summed E-state index contributed by atoms with van der Waals surface area (Å²) in [4.78, 5) is 15.0. The molecule has 1 saturated carbocycles. The largest absolute Gasteiger partial charge is 0.378 e. The van der Waals surface area contributed by atoms with E-state index in [1.807, 2.05) is 43.9 Å². The molecule has 2 fully saturated rings. The smallest absolute Gasteiger partial charge is 0.243 e. The third-order valence-corrected chi connectivity index (χ3v) is 6.09. The quantitative estimate of drug-likeness (QED) is 0.875. The minimum atomic E-state index is -0.863. The maximum Gasteiger partial charge on any atom is 0.243 e. The number of ether oxygens (including phenoxy) is 1. The van der Waals surface area contributed by atoms with Gasteiger partial charge in [-0.3, -0.25) is 4.79 Å². The van der Waals surface area contributed by atoms with E-state index in [2.05, 4.69) is 12.1 Å². The van der Waals surface area contributed by atoms with E-state index in [0.29, 0.717) is 26.1 Å². The molecule has 4 N–H and O–H groups in total. The van der Waals surface area contributed by atoms with E-state index < -0.39 is 5.54 Å². The molecule has 0 aromatic heterocycles. The van der Waals surface area contributed by atoms with Crippen LogP contribution in [0.1, 0.15) is 38.7 Å². The van der Waals surface area contributed by atoms with Crippen LogP contribution in [-0.2, 0) is 9.53 Å². The molecule has 0 spiro atoms. The van der Waals surface area contributed by atoms with Crippen LogP contribution < -0.4 is 11.5 Å². The number of rotatable bonds is 4. The van der Waals surface area contributed by atoms with Gasteiger partial charge in [0, 0.05) is 43.5 Å². The highest BCUT2D eigenvalue weighted by Gasteiger charge is 2.64. The van der Waals surface area contributed by atoms with E-state index in [1.54, 1.807) is 0 Å². The third-order valence-electron chi connectivity index (χ3n) is 6.09. The molecule has 2 unspecified atom stereocenters. The summed E-state index contributed by atoms with van der Waals surface area (Å²) in [7, 11) is 0. The van der Waals surface area contributed by atoms with Crippen LogP contribution in [0.3, 0.4) is 0 Å². The fraction of sp³-hybridized carbons (Fsp3) is 0.632. The minimum Gasteiger partial charge on any atom is -0.378 e. The number of nitrogens with zero attached hydrogens (tertiary/aromatic N) is 1. The first-order valence-corrected chi connectivity index (χ1v) is 8.81. The Labute approximate surface area is 144 Å². The topological polar surface area (TPSA) is 81.6 Å². The standard InChI is InChI=1S/C19H29N3O2/c1-4-24-16-10-19(21,18(16,2)3)17(23)22-11-14(15(20)12-22)13-8-6-5-7-9-13/h5-9,14-16H,4,10-12,20-21H2,1-3H3/t14-,15+,16?,19?/m0/s1. The summed E-state index contributed by atoms with van der Waals surface area (Å²) in [5.74, 6) is 0.182. The lowest BCUT2D eigenvalue weighted by Gasteiger charge is -2.58. The molecular weight excluding hydrogens is 302 g/mol. The van der Waals surface area contributed by atoms with Gasteiger partial charge in [0.05, 0.1) is 6.10 Å². The second kappa shape index (κ2) is 6.14. The van der Waals surface area contributed by atoms with Crippen molar-refractivity contribution >= 4 is 5.91 Å². The predicted octanol–water partition coefficient (Wildman–Crippen LogP) is 1.47. The van der Waals surface area contributed by atoms with Crippen molar-refractivity contribution < 1.29 is 9.53 Å². The number of hydrogen-bond acceptors (Lipinski definition) is 4. The van der Waals surface area contributed by atoms with Crippen molar-refractivity contribution in [3.8, 4) is 0 Å². The normalized spacial score (nSPS) is 34.9. The maximum atomic E-state index is 13.1. The Bertz CT molecular complexity index is 604. The first-order valence-electron chi connectivity index (χ1n) is 8.81. The molecule has 3 rings (SSSR count). The summed E-state index contributed by atoms with van der Waals surface area (Å²) in [5, 5.41) is 0. The first-order chi connectivity index (χ1) is 11.3. The van der Waals surface area contributed by atoms with Crippen LogP contribution in [0.4, 0.5) is 0 Å². The predicted molar refractivity (Wildman–Crippen MR) is 94.5 cm³/mol. The Kier molecular flexibility index (Phi) is 4.45. The molecule has 1 aliphatic carbocycles. The number of likely N-dealkylation sites (tertiary alicyclic amines) is 1. The summed E-state index contributed by atoms with van der Waals surface area (Å²) in [5.41, 5.74) is 12.8. The highest BCUT2D eigenvalue weighted by Crippen LogP contribution is 2.51. The van der Waals surface area contributed by atoms with Crippen LogP contribution >= 0.6 is 0 Å². The first kappa shape index (κ1) is 17.4. The second-order valence-corrected chi connectivity index (χ2v) is 7.73. The molecule has 0 bridgehead atoms. The lowest BCUT2D eigenvalue weighted by molar-refractivity contribution is -0.178. The number of carbonyl (C=O) groups is 1. The third kappa shape index (κ3) is 2.55. The SMILES string of the molecule is CCOC1CC(N)(C(=O)N2C[C@@H](N)[C@H](c3ccccc3)C2)C1(C)C. The average molecular weight is 331 g/mol. The van der Waals surface area contributed by atoms with Crippen LogP contribution in [0.15, 0.2) is 30.3 Å². The number of benzene rings is 1. The maximum absolute atomic E-state index is 13.1. The molecule has 1 aliphatic heterocycles. The Morgan fingerprint density at radius 3 is 2.54 bits per heavy atom. The van der Waals surface area contributed by atoms with Crippen molar-refractivity contribution in [3.05, 3.63) is 35.9 Å². The molecule has 5 heteroatoms. The van der Waals surface area contributed by atoms with Gasteiger partial charge in [0.2, 0.25) is 5.91 Å². The summed E-state index contributed by atoms with van der Waals surface area (Å²) in [6, 6.07) is 10.1. The highest BCUT2D eigenvalue weighted by molar-refractivity contribution is 5.89. The van der Waals surface area contributed by atoms with E-state index >= 15 is 0 Å². The summed E-state index contributed by atoms with van der Waals surface area (Å²) < 4.78 is 5.74. The van der Waals surface area contributed by atoms with Gasteiger partial charge < -0.3 is 21.1 Å². The van der Waals surface area contributed by atoms with Crippen LogP contribution in [0.5, 0.6) is 0 Å². The van der Waals surface area contributed by atoms with Gasteiger partial charge in [-0.25, -0.2) is 0 Å². The van der Waals surface area contributed by atoms with Crippen molar-refractivity contribution in [3.63, 3.8) is 0 Å². The van der Waals surface area contributed by atoms with Crippen LogP contribution in [0.25, 0.3) is 0 Å². The Morgan fingerprint density at radius 1 is 1.29 bits per heavy atom. The molecule has 24 heavy (non-hydrogen) atoms. The molecule has 4 atom stereocenters. The summed E-state index contributed by atoms with van der Waals surface area (Å²) >= 11 is 0. The average Bonchev–Trinajstić information content (AvgIpc) is 2.96. The van der Waals surface area contributed by atoms with E-state index in [0.717, 1.165) is 0 Å². The molecule has 5 nitrogen and oxygen atoms in total. The van der Waals surface area contributed by atoms with E-state index in [1.165, 1.54) is 5.56 Å². The zero-order valence-corrected chi connectivity index (χ0v) is 14.9. The summed E-state index contributed by atoms with van der Waals surface area (Å²) in [6.45, 7) is 7.87. The fourth-order valence-corrected chi connectivity index (χ4v) is 4.13. The van der Waals surface area contributed by atoms with Gasteiger partial charge >= 0.3 is 0 Å². The fourth-order valence-electron chi connectivity index (χ4n) is 4.13. The number of hydrogen-bond donors (Lipinski definition) is 2. The molecule has 1 heterocycles. The van der Waals surface area contributed by atoms with Gasteiger partial charge in [-0.1, -0.05) is 44.2 Å². The molecule has 1 saturated heterocycles. The van der Waals surface area contributed by atoms with Crippen molar-refractivity contribution in [2.45, 2.75) is 50.8 Å². The zero-order valence-electron chi connectivity index (χ0n) is 14.9. The molecule has 2 aliphatic rings. The van der Waals surface area contributed by atoms with Crippen LogP contribution in [0.2, 0.25) is 0 Å². The molecule has 1 aromatic carbocycles. The van der Waals surface area contributed by atoms with Gasteiger partial charge in [-0.2, -0.15) is 0 Å². The van der Waals surface area contributed by atoms with Gasteiger partial charge in [-0.15, -0.1) is 0 Å². The van der Waals surface area contributed by atoms with Gasteiger partial charge in [0.1, 0.15) is 5.54 Å². The summed E-state index contributed by atoms with van der Waals surface area (Å²) in [6.07, 6.45) is 0.617. The lowest BCUT2D eigenvalue weighted by atomic mass is 9.54. The number of amides is 1. The minimum absolute atomic E-state index is 0.0114. The van der Waals surface area contributed by atoms with Crippen molar-refractivity contribution in [2.24, 2.45) is 16.9 Å². The van der Waals surface area contributed by atoms with E-state index in [4.69, 9.17) is 16.2 Å². The monoisotopic (exact) mass is 331 g/mol. The number of nitrogens with two attached hydrogens (primary N) is 2. The molecule has 1 aromatic rings. The van der Waals surface area contributed by atoms with Gasteiger partial charge in [0.25, 0.3) is 0 Å². The molecule has 0 radical (unpaired) electrons. The van der Waals surface area contributed by atoms with Gasteiger partial charge in [0.15, 0.2) is 0 Å². The molecule has 132 valence electrons. The van der Waals surface area contributed by atoms with Crippen molar-refractivity contribution in [1.82, 2.24) is 4.90 Å². The molecule has 1 amide bonds. The van der Waals surface area contributed by atoms with E-state index in [-0.39, 0.29) is 29.4 Å². The lowest BCUT2D eigenvalue weighted by Crippen LogP contribution is -2.76. The van der Waals surface area contributed by atoms with Crippen LogP contribution in [0, 0.1) is 5.41 Å². The van der Waals surface area contributed by atoms with E-state index in [9.17, 15) is 4.79 Å². The Hall–Kier alpha value is -1.43. The second-order valence-electron chi connectivity index (χ2n) is 7.73. The van der Waals surface area contributed by atoms with Crippen molar-refractivity contribution in [1.29, 1.82) is 0 Å². The Morgan fingerprint density at radius 2 is 1.96 bits per heavy atom. The molecular formula is C19H29N3O2. The van der Waals surface area contributed by atoms with Crippen LogP contribution in [-0.4, -0.2) is 48.2 Å². The number of carbonyl (C=O) groups excluding carboxylic acids is 1. The zero-order chi connectivity index (χ0) is 17.5. The Balaban J connectivity index is 1.73. The van der Waals surface area contributed by atoms with Gasteiger partial charge in [-0.05, 0) is 12.5 Å². The highest BCUT2D eigenvalue weighted by atomic mass is 16.5.